The first-order chi connectivity index (χ1) is 15.0. The SMILES string of the molecule is COc1cc(-c2nc3sc(=Cc4ccccc4[N+](=O)[O-])c(=O)n3n2)cc(OC)c1OC. The van der Waals surface area contributed by atoms with Crippen LogP contribution in [0.2, 0.25) is 0 Å². The van der Waals surface area contributed by atoms with E-state index in [0.717, 1.165) is 11.3 Å². The van der Waals surface area contributed by atoms with Gasteiger partial charge in [0.1, 0.15) is 0 Å². The number of rotatable bonds is 6. The third kappa shape index (κ3) is 3.55. The van der Waals surface area contributed by atoms with Gasteiger partial charge in [-0.25, -0.2) is 0 Å². The van der Waals surface area contributed by atoms with Crippen molar-refractivity contribution >= 4 is 28.1 Å². The van der Waals surface area contributed by atoms with E-state index in [9.17, 15) is 14.9 Å². The van der Waals surface area contributed by atoms with E-state index < -0.39 is 10.5 Å². The van der Waals surface area contributed by atoms with Crippen LogP contribution in [0.4, 0.5) is 5.69 Å². The van der Waals surface area contributed by atoms with E-state index in [4.69, 9.17) is 14.2 Å². The lowest BCUT2D eigenvalue weighted by atomic mass is 10.1. The molecule has 0 radical (unpaired) electrons. The molecule has 0 saturated heterocycles. The Morgan fingerprint density at radius 2 is 1.77 bits per heavy atom. The fraction of sp³-hybridized carbons (Fsp3) is 0.150. The summed E-state index contributed by atoms with van der Waals surface area (Å²) in [5.41, 5.74) is 0.413. The number of fused-ring (bicyclic) bond motifs is 1. The zero-order chi connectivity index (χ0) is 22.1. The van der Waals surface area contributed by atoms with E-state index in [1.165, 1.54) is 38.0 Å². The Labute approximate surface area is 179 Å². The fourth-order valence-corrected chi connectivity index (χ4v) is 3.98. The van der Waals surface area contributed by atoms with Gasteiger partial charge in [-0.05, 0) is 24.3 Å². The summed E-state index contributed by atoms with van der Waals surface area (Å²) < 4.78 is 17.5. The Kier molecular flexibility index (Phi) is 5.26. The highest BCUT2D eigenvalue weighted by atomic mass is 32.1. The van der Waals surface area contributed by atoms with Crippen molar-refractivity contribution in [3.63, 3.8) is 0 Å². The molecule has 0 spiro atoms. The summed E-state index contributed by atoms with van der Waals surface area (Å²) in [5, 5.41) is 15.5. The van der Waals surface area contributed by atoms with Gasteiger partial charge in [0, 0.05) is 11.6 Å². The number of methoxy groups -OCH3 is 3. The number of benzene rings is 2. The van der Waals surface area contributed by atoms with E-state index in [1.54, 1.807) is 30.3 Å². The number of aromatic nitrogens is 3. The zero-order valence-electron chi connectivity index (χ0n) is 16.7. The molecule has 0 fully saturated rings. The minimum atomic E-state index is -0.490. The van der Waals surface area contributed by atoms with Crippen LogP contribution in [-0.2, 0) is 0 Å². The molecule has 2 aromatic carbocycles. The maximum atomic E-state index is 12.8. The predicted octanol–water partition coefficient (Wildman–Crippen LogP) is 2.30. The number of ether oxygens (including phenoxy) is 3. The number of hydrogen-bond acceptors (Lipinski definition) is 9. The molecule has 0 aliphatic rings. The van der Waals surface area contributed by atoms with E-state index in [0.29, 0.717) is 43.7 Å². The average molecular weight is 440 g/mol. The lowest BCUT2D eigenvalue weighted by Gasteiger charge is -2.12. The van der Waals surface area contributed by atoms with Gasteiger partial charge in [0.15, 0.2) is 17.3 Å². The summed E-state index contributed by atoms with van der Waals surface area (Å²) in [4.78, 5) is 28.3. The number of hydrogen-bond donors (Lipinski definition) is 0. The summed E-state index contributed by atoms with van der Waals surface area (Å²) in [7, 11) is 4.51. The lowest BCUT2D eigenvalue weighted by Crippen LogP contribution is -2.23. The van der Waals surface area contributed by atoms with Crippen molar-refractivity contribution in [1.29, 1.82) is 0 Å². The third-order valence-corrected chi connectivity index (χ3v) is 5.48. The molecule has 4 aromatic rings. The second kappa shape index (κ2) is 8.03. The second-order valence-electron chi connectivity index (χ2n) is 6.28. The van der Waals surface area contributed by atoms with E-state index in [-0.39, 0.29) is 5.69 Å². The van der Waals surface area contributed by atoms with E-state index in [2.05, 4.69) is 10.1 Å². The van der Waals surface area contributed by atoms with Crippen LogP contribution in [-0.4, -0.2) is 40.9 Å². The van der Waals surface area contributed by atoms with Gasteiger partial charge in [-0.1, -0.05) is 23.5 Å². The Balaban J connectivity index is 1.83. The van der Waals surface area contributed by atoms with Crippen LogP contribution in [0.15, 0.2) is 41.2 Å². The molecule has 0 atom stereocenters. The van der Waals surface area contributed by atoms with Crippen molar-refractivity contribution in [2.45, 2.75) is 0 Å². The first-order valence-corrected chi connectivity index (χ1v) is 9.73. The number of nitro groups is 1. The highest BCUT2D eigenvalue weighted by Gasteiger charge is 2.18. The van der Waals surface area contributed by atoms with Crippen molar-refractivity contribution < 1.29 is 19.1 Å². The summed E-state index contributed by atoms with van der Waals surface area (Å²) >= 11 is 1.09. The molecule has 158 valence electrons. The molecule has 0 saturated carbocycles. The molecule has 4 rings (SSSR count). The van der Waals surface area contributed by atoms with Crippen molar-refractivity contribution in [3.05, 3.63) is 67.0 Å². The van der Waals surface area contributed by atoms with Gasteiger partial charge in [-0.3, -0.25) is 14.9 Å². The number of thiazole rings is 1. The summed E-state index contributed by atoms with van der Waals surface area (Å²) in [5.74, 6) is 1.60. The van der Waals surface area contributed by atoms with Gasteiger partial charge >= 0.3 is 0 Å². The molecule has 11 heteroatoms. The highest BCUT2D eigenvalue weighted by Crippen LogP contribution is 2.40. The predicted molar refractivity (Wildman–Crippen MR) is 114 cm³/mol. The van der Waals surface area contributed by atoms with Gasteiger partial charge in [-0.15, -0.1) is 5.10 Å². The molecule has 2 heterocycles. The molecular weight excluding hydrogens is 424 g/mol. The minimum Gasteiger partial charge on any atom is -0.493 e. The molecule has 0 bridgehead atoms. The fourth-order valence-electron chi connectivity index (χ4n) is 3.08. The van der Waals surface area contributed by atoms with Crippen LogP contribution in [0.5, 0.6) is 17.2 Å². The van der Waals surface area contributed by atoms with Crippen molar-refractivity contribution in [1.82, 2.24) is 14.6 Å². The second-order valence-corrected chi connectivity index (χ2v) is 7.28. The normalized spacial score (nSPS) is 11.6. The molecule has 0 aliphatic carbocycles. The molecule has 10 nitrogen and oxygen atoms in total. The highest BCUT2D eigenvalue weighted by molar-refractivity contribution is 7.15. The molecule has 0 amide bonds. The smallest absolute Gasteiger partial charge is 0.291 e. The maximum Gasteiger partial charge on any atom is 0.291 e. The average Bonchev–Trinajstić information content (AvgIpc) is 3.32. The van der Waals surface area contributed by atoms with Gasteiger partial charge in [0.25, 0.3) is 11.2 Å². The molecule has 0 unspecified atom stereocenters. The van der Waals surface area contributed by atoms with Crippen LogP contribution in [0.1, 0.15) is 5.56 Å². The lowest BCUT2D eigenvalue weighted by molar-refractivity contribution is -0.385. The number of nitrogens with zero attached hydrogens (tertiary/aromatic N) is 4. The summed E-state index contributed by atoms with van der Waals surface area (Å²) in [6, 6.07) is 9.57. The minimum absolute atomic E-state index is 0.0842. The first kappa shape index (κ1) is 20.3. The van der Waals surface area contributed by atoms with Crippen molar-refractivity contribution in [2.75, 3.05) is 21.3 Å². The van der Waals surface area contributed by atoms with E-state index >= 15 is 0 Å². The number of para-hydroxylation sites is 1. The quantitative estimate of drug-likeness (QED) is 0.331. The topological polar surface area (TPSA) is 118 Å². The standard InChI is InChI=1S/C20H16N4O6S/c1-28-14-8-12(9-15(29-2)17(14)30-3)18-21-20-23(22-18)19(25)16(31-20)10-11-6-4-5-7-13(11)24(26)27/h4-10H,1-3H3. The first-order valence-electron chi connectivity index (χ1n) is 8.92. The molecular formula is C20H16N4O6S. The Morgan fingerprint density at radius 1 is 1.10 bits per heavy atom. The molecule has 2 aromatic heterocycles. The molecule has 31 heavy (non-hydrogen) atoms. The van der Waals surface area contributed by atoms with Crippen molar-refractivity contribution in [3.8, 4) is 28.6 Å². The third-order valence-electron chi connectivity index (χ3n) is 4.52. The van der Waals surface area contributed by atoms with Gasteiger partial charge in [0.2, 0.25) is 10.7 Å². The molecule has 0 N–H and O–H groups in total. The van der Waals surface area contributed by atoms with Crippen molar-refractivity contribution in [2.24, 2.45) is 0 Å². The summed E-state index contributed by atoms with van der Waals surface area (Å²) in [6.45, 7) is 0. The number of nitro benzene ring substituents is 1. The van der Waals surface area contributed by atoms with Crippen LogP contribution in [0.3, 0.4) is 0 Å². The Morgan fingerprint density at radius 3 is 2.35 bits per heavy atom. The van der Waals surface area contributed by atoms with Crippen LogP contribution >= 0.6 is 11.3 Å². The monoisotopic (exact) mass is 440 g/mol. The Hall–Kier alpha value is -3.99. The zero-order valence-corrected chi connectivity index (χ0v) is 17.5. The van der Waals surface area contributed by atoms with Gasteiger partial charge in [0.05, 0.1) is 36.3 Å². The van der Waals surface area contributed by atoms with Gasteiger partial charge in [-0.2, -0.15) is 9.50 Å². The molecule has 0 aliphatic heterocycles. The Bertz CT molecular complexity index is 1390. The summed E-state index contributed by atoms with van der Waals surface area (Å²) in [6.07, 6.45) is 1.47. The van der Waals surface area contributed by atoms with Crippen LogP contribution in [0.25, 0.3) is 22.4 Å². The van der Waals surface area contributed by atoms with E-state index in [1.807, 2.05) is 0 Å². The van der Waals surface area contributed by atoms with Crippen LogP contribution in [0, 0.1) is 10.1 Å². The van der Waals surface area contributed by atoms with Crippen LogP contribution < -0.4 is 24.3 Å². The van der Waals surface area contributed by atoms with Gasteiger partial charge < -0.3 is 14.2 Å². The largest absolute Gasteiger partial charge is 0.493 e. The maximum absolute atomic E-state index is 12.8.